The van der Waals surface area contributed by atoms with Gasteiger partial charge in [-0.25, -0.2) is 8.78 Å². The van der Waals surface area contributed by atoms with E-state index in [0.29, 0.717) is 6.42 Å². The number of rotatable bonds is 4. The van der Waals surface area contributed by atoms with Crippen LogP contribution in [-0.4, -0.2) is 5.91 Å². The predicted octanol–water partition coefficient (Wildman–Crippen LogP) is 4.19. The highest BCUT2D eigenvalue weighted by Gasteiger charge is 2.09. The molecule has 2 aromatic rings. The van der Waals surface area contributed by atoms with Crippen LogP contribution in [0.15, 0.2) is 42.5 Å². The van der Waals surface area contributed by atoms with Crippen molar-refractivity contribution < 1.29 is 13.6 Å². The number of hydrogen-bond acceptors (Lipinski definition) is 1. The Kier molecular flexibility index (Phi) is 4.69. The zero-order chi connectivity index (χ0) is 14.5. The van der Waals surface area contributed by atoms with Crippen LogP contribution in [0.25, 0.3) is 0 Å². The van der Waals surface area contributed by atoms with E-state index in [1.807, 2.05) is 0 Å². The van der Waals surface area contributed by atoms with Crippen LogP contribution in [0, 0.1) is 11.6 Å². The van der Waals surface area contributed by atoms with Crippen molar-refractivity contribution in [1.82, 2.24) is 0 Å². The first kappa shape index (κ1) is 14.5. The van der Waals surface area contributed by atoms with E-state index < -0.39 is 5.82 Å². The van der Waals surface area contributed by atoms with Gasteiger partial charge in [0.2, 0.25) is 5.91 Å². The van der Waals surface area contributed by atoms with Gasteiger partial charge in [-0.3, -0.25) is 4.79 Å². The number of hydrogen-bond donors (Lipinski definition) is 1. The normalized spacial score (nSPS) is 10.3. The summed E-state index contributed by atoms with van der Waals surface area (Å²) >= 11 is 5.62. The van der Waals surface area contributed by atoms with Crippen LogP contribution in [-0.2, 0) is 11.2 Å². The summed E-state index contributed by atoms with van der Waals surface area (Å²) in [5.41, 5.74) is 0.898. The molecule has 0 aliphatic rings. The van der Waals surface area contributed by atoms with Crippen LogP contribution in [0.4, 0.5) is 14.5 Å². The Hall–Kier alpha value is -1.94. The van der Waals surface area contributed by atoms with E-state index in [0.717, 1.165) is 5.56 Å². The first-order valence-electron chi connectivity index (χ1n) is 6.04. The van der Waals surface area contributed by atoms with Gasteiger partial charge in [0, 0.05) is 6.42 Å². The molecule has 0 bridgehead atoms. The topological polar surface area (TPSA) is 29.1 Å². The van der Waals surface area contributed by atoms with Gasteiger partial charge in [-0.2, -0.15) is 0 Å². The molecule has 0 unspecified atom stereocenters. The summed E-state index contributed by atoms with van der Waals surface area (Å²) in [6.45, 7) is 0. The molecule has 0 radical (unpaired) electrons. The van der Waals surface area contributed by atoms with Gasteiger partial charge in [-0.15, -0.1) is 0 Å². The maximum atomic E-state index is 13.6. The maximum Gasteiger partial charge on any atom is 0.224 e. The minimum atomic E-state index is -0.649. The highest BCUT2D eigenvalue weighted by Crippen LogP contribution is 2.22. The Balaban J connectivity index is 1.92. The van der Waals surface area contributed by atoms with Crippen molar-refractivity contribution in [1.29, 1.82) is 0 Å². The molecule has 2 nitrogen and oxygen atoms in total. The van der Waals surface area contributed by atoms with E-state index in [1.165, 1.54) is 24.3 Å². The average Bonchev–Trinajstić information content (AvgIpc) is 2.43. The summed E-state index contributed by atoms with van der Waals surface area (Å²) in [5.74, 6) is -1.29. The summed E-state index contributed by atoms with van der Waals surface area (Å²) in [6.07, 6.45) is 0.631. The molecule has 0 atom stereocenters. The molecule has 0 aliphatic carbocycles. The van der Waals surface area contributed by atoms with Crippen molar-refractivity contribution in [3.8, 4) is 0 Å². The van der Waals surface area contributed by atoms with Gasteiger partial charge in [0.25, 0.3) is 0 Å². The Morgan fingerprint density at radius 3 is 2.50 bits per heavy atom. The second-order valence-corrected chi connectivity index (χ2v) is 4.68. The van der Waals surface area contributed by atoms with Crippen LogP contribution in [0.2, 0.25) is 5.02 Å². The van der Waals surface area contributed by atoms with Crippen molar-refractivity contribution in [3.63, 3.8) is 0 Å². The second kappa shape index (κ2) is 6.48. The van der Waals surface area contributed by atoms with Crippen LogP contribution in [0.5, 0.6) is 0 Å². The Morgan fingerprint density at radius 2 is 1.80 bits per heavy atom. The number of halogens is 3. The molecule has 104 valence electrons. The van der Waals surface area contributed by atoms with Gasteiger partial charge < -0.3 is 5.32 Å². The second-order valence-electron chi connectivity index (χ2n) is 4.28. The SMILES string of the molecule is O=C(CCc1ccc(F)cc1)Nc1cccc(Cl)c1F. The zero-order valence-corrected chi connectivity index (χ0v) is 11.3. The van der Waals surface area contributed by atoms with E-state index in [1.54, 1.807) is 18.2 Å². The fourth-order valence-electron chi connectivity index (χ4n) is 1.72. The summed E-state index contributed by atoms with van der Waals surface area (Å²) in [7, 11) is 0. The van der Waals surface area contributed by atoms with E-state index >= 15 is 0 Å². The molecule has 1 amide bonds. The number of anilines is 1. The largest absolute Gasteiger partial charge is 0.324 e. The lowest BCUT2D eigenvalue weighted by Gasteiger charge is -2.07. The first-order valence-corrected chi connectivity index (χ1v) is 6.42. The third kappa shape index (κ3) is 3.78. The molecule has 0 aliphatic heterocycles. The van der Waals surface area contributed by atoms with Gasteiger partial charge in [0.1, 0.15) is 5.82 Å². The summed E-state index contributed by atoms with van der Waals surface area (Å²) in [6, 6.07) is 10.3. The third-order valence-corrected chi connectivity index (χ3v) is 3.07. The fraction of sp³-hybridized carbons (Fsp3) is 0.133. The highest BCUT2D eigenvalue weighted by atomic mass is 35.5. The van der Waals surface area contributed by atoms with Gasteiger partial charge >= 0.3 is 0 Å². The number of amides is 1. The van der Waals surface area contributed by atoms with Crippen LogP contribution < -0.4 is 5.32 Å². The smallest absolute Gasteiger partial charge is 0.224 e. The van der Waals surface area contributed by atoms with E-state index in [-0.39, 0.29) is 28.9 Å². The van der Waals surface area contributed by atoms with Gasteiger partial charge in [-0.1, -0.05) is 29.8 Å². The van der Waals surface area contributed by atoms with Gasteiger partial charge in [0.15, 0.2) is 5.82 Å². The number of benzene rings is 2. The van der Waals surface area contributed by atoms with Crippen LogP contribution >= 0.6 is 11.6 Å². The molecule has 0 spiro atoms. The molecule has 5 heteroatoms. The highest BCUT2D eigenvalue weighted by molar-refractivity contribution is 6.31. The first-order chi connectivity index (χ1) is 9.56. The Bertz CT molecular complexity index is 614. The predicted molar refractivity (Wildman–Crippen MR) is 74.8 cm³/mol. The molecule has 20 heavy (non-hydrogen) atoms. The molecule has 0 saturated carbocycles. The van der Waals surface area contributed by atoms with Crippen LogP contribution in [0.3, 0.4) is 0 Å². The summed E-state index contributed by atoms with van der Waals surface area (Å²) < 4.78 is 26.3. The Morgan fingerprint density at radius 1 is 1.10 bits per heavy atom. The van der Waals surface area contributed by atoms with Crippen LogP contribution in [0.1, 0.15) is 12.0 Å². The number of carbonyl (C=O) groups excluding carboxylic acids is 1. The minimum absolute atomic E-state index is 0.0404. The maximum absolute atomic E-state index is 13.6. The lowest BCUT2D eigenvalue weighted by atomic mass is 10.1. The Labute approximate surface area is 120 Å². The summed E-state index contributed by atoms with van der Waals surface area (Å²) in [5, 5.41) is 2.42. The van der Waals surface area contributed by atoms with E-state index in [2.05, 4.69) is 5.32 Å². The van der Waals surface area contributed by atoms with Crippen molar-refractivity contribution >= 4 is 23.2 Å². The van der Waals surface area contributed by atoms with Crippen molar-refractivity contribution in [3.05, 3.63) is 64.7 Å². The van der Waals surface area contributed by atoms with Crippen molar-refractivity contribution in [2.45, 2.75) is 12.8 Å². The number of carbonyl (C=O) groups is 1. The standard InChI is InChI=1S/C15H12ClF2NO/c16-12-2-1-3-13(15(12)18)19-14(20)9-6-10-4-7-11(17)8-5-10/h1-5,7-8H,6,9H2,(H,19,20). The van der Waals surface area contributed by atoms with Crippen molar-refractivity contribution in [2.24, 2.45) is 0 Å². The number of nitrogens with one attached hydrogen (secondary N) is 1. The monoisotopic (exact) mass is 295 g/mol. The molecule has 0 heterocycles. The molecule has 2 aromatic carbocycles. The molecule has 0 saturated heterocycles. The minimum Gasteiger partial charge on any atom is -0.324 e. The van der Waals surface area contributed by atoms with Gasteiger partial charge in [-0.05, 0) is 36.2 Å². The fourth-order valence-corrected chi connectivity index (χ4v) is 1.90. The van der Waals surface area contributed by atoms with E-state index in [4.69, 9.17) is 11.6 Å². The summed E-state index contributed by atoms with van der Waals surface area (Å²) in [4.78, 5) is 11.7. The van der Waals surface area contributed by atoms with Crippen molar-refractivity contribution in [2.75, 3.05) is 5.32 Å². The van der Waals surface area contributed by atoms with E-state index in [9.17, 15) is 13.6 Å². The van der Waals surface area contributed by atoms with Gasteiger partial charge in [0.05, 0.1) is 10.7 Å². The third-order valence-electron chi connectivity index (χ3n) is 2.78. The lowest BCUT2D eigenvalue weighted by Crippen LogP contribution is -2.13. The number of aryl methyl sites for hydroxylation is 1. The molecule has 0 fully saturated rings. The average molecular weight is 296 g/mol. The molecule has 2 rings (SSSR count). The molecular weight excluding hydrogens is 284 g/mol. The molecular formula is C15H12ClF2NO. The lowest BCUT2D eigenvalue weighted by molar-refractivity contribution is -0.116. The molecule has 1 N–H and O–H groups in total. The quantitative estimate of drug-likeness (QED) is 0.900. The molecule has 0 aromatic heterocycles. The zero-order valence-electron chi connectivity index (χ0n) is 10.5.